The Labute approximate surface area is 119 Å². The molecule has 0 saturated carbocycles. The number of nitrogens with one attached hydrogen (secondary N) is 1. The predicted octanol–water partition coefficient (Wildman–Crippen LogP) is 1.09. The summed E-state index contributed by atoms with van der Waals surface area (Å²) in [7, 11) is 0. The number of carbonyl (C=O) groups is 2. The standard InChI is InChI=1S/C13H14N4O4/c18-11(19)7-17-6-5-10(15-17)14-13(20)12-8-3-1-2-4-9(8)21-16-12/h5-6H,1-4,7H2,(H,18,19)(H,14,15,20). The van der Waals surface area contributed by atoms with E-state index in [4.69, 9.17) is 9.63 Å². The molecule has 8 nitrogen and oxygen atoms in total. The second-order valence-corrected chi connectivity index (χ2v) is 4.89. The van der Waals surface area contributed by atoms with Crippen molar-refractivity contribution in [3.05, 3.63) is 29.3 Å². The van der Waals surface area contributed by atoms with Crippen LogP contribution in [0.3, 0.4) is 0 Å². The van der Waals surface area contributed by atoms with Crippen LogP contribution in [0.4, 0.5) is 5.82 Å². The highest BCUT2D eigenvalue weighted by Gasteiger charge is 2.24. The van der Waals surface area contributed by atoms with Crippen LogP contribution in [0, 0.1) is 0 Å². The molecule has 0 fully saturated rings. The molecule has 2 N–H and O–H groups in total. The third-order valence-corrected chi connectivity index (χ3v) is 3.34. The topological polar surface area (TPSA) is 110 Å². The van der Waals surface area contributed by atoms with E-state index < -0.39 is 5.97 Å². The van der Waals surface area contributed by atoms with Crippen molar-refractivity contribution < 1.29 is 19.2 Å². The van der Waals surface area contributed by atoms with Gasteiger partial charge in [0.15, 0.2) is 11.5 Å². The summed E-state index contributed by atoms with van der Waals surface area (Å²) in [6.45, 7) is -0.255. The summed E-state index contributed by atoms with van der Waals surface area (Å²) in [4.78, 5) is 22.8. The fourth-order valence-corrected chi connectivity index (χ4v) is 2.39. The zero-order valence-electron chi connectivity index (χ0n) is 11.2. The maximum absolute atomic E-state index is 12.2. The third-order valence-electron chi connectivity index (χ3n) is 3.34. The molecule has 0 spiro atoms. The molecule has 21 heavy (non-hydrogen) atoms. The van der Waals surface area contributed by atoms with E-state index in [-0.39, 0.29) is 24.0 Å². The van der Waals surface area contributed by atoms with Gasteiger partial charge in [-0.15, -0.1) is 0 Å². The highest BCUT2D eigenvalue weighted by atomic mass is 16.5. The van der Waals surface area contributed by atoms with E-state index in [1.54, 1.807) is 0 Å². The summed E-state index contributed by atoms with van der Waals surface area (Å²) in [6, 6.07) is 1.54. The molecule has 0 bridgehead atoms. The van der Waals surface area contributed by atoms with Crippen LogP contribution in [0.15, 0.2) is 16.8 Å². The molecule has 0 radical (unpaired) electrons. The lowest BCUT2D eigenvalue weighted by Gasteiger charge is -2.08. The summed E-state index contributed by atoms with van der Waals surface area (Å²) in [5.74, 6) is -0.319. The Morgan fingerprint density at radius 3 is 3.00 bits per heavy atom. The van der Waals surface area contributed by atoms with E-state index in [1.165, 1.54) is 16.9 Å². The lowest BCUT2D eigenvalue weighted by Crippen LogP contribution is -2.16. The summed E-state index contributed by atoms with van der Waals surface area (Å²) < 4.78 is 6.42. The first-order valence-corrected chi connectivity index (χ1v) is 6.67. The van der Waals surface area contributed by atoms with Gasteiger partial charge >= 0.3 is 5.97 Å². The van der Waals surface area contributed by atoms with Crippen molar-refractivity contribution in [2.24, 2.45) is 0 Å². The molecule has 0 aliphatic heterocycles. The third kappa shape index (κ3) is 2.78. The molecule has 0 aromatic carbocycles. The van der Waals surface area contributed by atoms with Gasteiger partial charge < -0.3 is 14.9 Å². The number of anilines is 1. The van der Waals surface area contributed by atoms with Crippen molar-refractivity contribution in [1.82, 2.24) is 14.9 Å². The van der Waals surface area contributed by atoms with Gasteiger partial charge in [-0.25, -0.2) is 0 Å². The Morgan fingerprint density at radius 2 is 2.19 bits per heavy atom. The molecule has 0 atom stereocenters. The van der Waals surface area contributed by atoms with Crippen molar-refractivity contribution in [2.75, 3.05) is 5.32 Å². The number of hydrogen-bond acceptors (Lipinski definition) is 5. The average molecular weight is 290 g/mol. The molecule has 1 aliphatic carbocycles. The molecule has 8 heteroatoms. The molecule has 110 valence electrons. The van der Waals surface area contributed by atoms with Crippen LogP contribution in [-0.2, 0) is 24.2 Å². The van der Waals surface area contributed by atoms with Gasteiger partial charge in [-0.2, -0.15) is 5.10 Å². The second-order valence-electron chi connectivity index (χ2n) is 4.89. The van der Waals surface area contributed by atoms with Crippen molar-refractivity contribution >= 4 is 17.7 Å². The van der Waals surface area contributed by atoms with Gasteiger partial charge in [-0.05, 0) is 19.3 Å². The first-order chi connectivity index (χ1) is 10.1. The van der Waals surface area contributed by atoms with E-state index in [9.17, 15) is 9.59 Å². The van der Waals surface area contributed by atoms with E-state index in [1.807, 2.05) is 0 Å². The molecule has 2 heterocycles. The first kappa shape index (κ1) is 13.3. The number of aliphatic carboxylic acids is 1. The summed E-state index contributed by atoms with van der Waals surface area (Å²) in [6.07, 6.45) is 5.14. The predicted molar refractivity (Wildman–Crippen MR) is 71.0 cm³/mol. The average Bonchev–Trinajstić information content (AvgIpc) is 3.04. The van der Waals surface area contributed by atoms with E-state index in [0.717, 1.165) is 37.0 Å². The van der Waals surface area contributed by atoms with Crippen LogP contribution in [-0.4, -0.2) is 31.9 Å². The van der Waals surface area contributed by atoms with Crippen LogP contribution in [0.2, 0.25) is 0 Å². The molecule has 1 amide bonds. The number of aromatic nitrogens is 3. The number of rotatable bonds is 4. The molecule has 2 aromatic rings. The van der Waals surface area contributed by atoms with Crippen LogP contribution in [0.5, 0.6) is 0 Å². The van der Waals surface area contributed by atoms with Gasteiger partial charge in [0.25, 0.3) is 5.91 Å². The largest absolute Gasteiger partial charge is 0.480 e. The Balaban J connectivity index is 1.73. The van der Waals surface area contributed by atoms with Crippen LogP contribution >= 0.6 is 0 Å². The second kappa shape index (κ2) is 5.39. The minimum absolute atomic E-state index is 0.255. The van der Waals surface area contributed by atoms with Gasteiger partial charge in [0, 0.05) is 24.2 Å². The molecular formula is C13H14N4O4. The molecule has 2 aromatic heterocycles. The van der Waals surface area contributed by atoms with Gasteiger partial charge in [0.2, 0.25) is 0 Å². The van der Waals surface area contributed by atoms with Crippen LogP contribution in [0.1, 0.15) is 34.7 Å². The van der Waals surface area contributed by atoms with E-state index >= 15 is 0 Å². The van der Waals surface area contributed by atoms with E-state index in [2.05, 4.69) is 15.6 Å². The van der Waals surface area contributed by atoms with Gasteiger partial charge in [0.1, 0.15) is 12.3 Å². The number of hydrogen-bond donors (Lipinski definition) is 2. The Hall–Kier alpha value is -2.64. The minimum Gasteiger partial charge on any atom is -0.480 e. The van der Waals surface area contributed by atoms with Crippen LogP contribution in [0.25, 0.3) is 0 Å². The van der Waals surface area contributed by atoms with Crippen molar-refractivity contribution in [2.45, 2.75) is 32.2 Å². The number of nitrogens with zero attached hydrogens (tertiary/aromatic N) is 3. The smallest absolute Gasteiger partial charge is 0.325 e. The fraction of sp³-hybridized carbons (Fsp3) is 0.385. The number of fused-ring (bicyclic) bond motifs is 1. The Kier molecular flexibility index (Phi) is 3.43. The number of aryl methyl sites for hydroxylation is 1. The van der Waals surface area contributed by atoms with Gasteiger partial charge in [-0.3, -0.25) is 14.3 Å². The van der Waals surface area contributed by atoms with Crippen LogP contribution < -0.4 is 5.32 Å². The molecular weight excluding hydrogens is 276 g/mol. The summed E-state index contributed by atoms with van der Waals surface area (Å²) in [5.41, 5.74) is 1.15. The van der Waals surface area contributed by atoms with E-state index in [0.29, 0.717) is 0 Å². The zero-order valence-corrected chi connectivity index (χ0v) is 11.2. The van der Waals surface area contributed by atoms with Crippen molar-refractivity contribution in [1.29, 1.82) is 0 Å². The summed E-state index contributed by atoms with van der Waals surface area (Å²) >= 11 is 0. The molecule has 0 saturated heterocycles. The summed E-state index contributed by atoms with van der Waals surface area (Å²) in [5, 5.41) is 19.1. The van der Waals surface area contributed by atoms with Crippen molar-refractivity contribution in [3.63, 3.8) is 0 Å². The Morgan fingerprint density at radius 1 is 1.38 bits per heavy atom. The number of carboxylic acids is 1. The number of amides is 1. The monoisotopic (exact) mass is 290 g/mol. The zero-order chi connectivity index (χ0) is 14.8. The number of carboxylic acid groups (broad SMARTS) is 1. The van der Waals surface area contributed by atoms with Gasteiger partial charge in [-0.1, -0.05) is 5.16 Å². The first-order valence-electron chi connectivity index (χ1n) is 6.67. The lowest BCUT2D eigenvalue weighted by molar-refractivity contribution is -0.137. The highest BCUT2D eigenvalue weighted by Crippen LogP contribution is 2.24. The van der Waals surface area contributed by atoms with Crippen molar-refractivity contribution in [3.8, 4) is 0 Å². The molecule has 0 unspecified atom stereocenters. The molecule has 1 aliphatic rings. The minimum atomic E-state index is -0.999. The fourth-order valence-electron chi connectivity index (χ4n) is 2.39. The maximum atomic E-state index is 12.2. The quantitative estimate of drug-likeness (QED) is 0.872. The van der Waals surface area contributed by atoms with Gasteiger partial charge in [0.05, 0.1) is 0 Å². The molecule has 3 rings (SSSR count). The maximum Gasteiger partial charge on any atom is 0.325 e. The lowest BCUT2D eigenvalue weighted by atomic mass is 9.96. The highest BCUT2D eigenvalue weighted by molar-refractivity contribution is 6.03. The SMILES string of the molecule is O=C(O)Cn1ccc(NC(=O)c2noc3c2CCCC3)n1. The number of carbonyl (C=O) groups excluding carboxylic acids is 1. The Bertz CT molecular complexity index is 688. The normalized spacial score (nSPS) is 13.7.